The minimum absolute atomic E-state index is 0.0759. The molecule has 0 spiro atoms. The molecule has 0 aliphatic heterocycles. The normalized spacial score (nSPS) is 11.8. The number of carbonyl (C=O) groups excluding carboxylic acids is 1. The first-order valence-corrected chi connectivity index (χ1v) is 5.17. The lowest BCUT2D eigenvalue weighted by Crippen LogP contribution is -2.12. The number of methoxy groups -OCH3 is 2. The molecule has 0 aliphatic carbocycles. The zero-order valence-electron chi connectivity index (χ0n) is 9.57. The lowest BCUT2D eigenvalue weighted by atomic mass is 10.0. The second kappa shape index (κ2) is 5.70. The van der Waals surface area contributed by atoms with Crippen LogP contribution in [0.2, 0.25) is 5.02 Å². The predicted octanol–water partition coefficient (Wildman–Crippen LogP) is 2.11. The molecule has 1 N–H and O–H groups in total. The van der Waals surface area contributed by atoms with Crippen LogP contribution in [0.5, 0.6) is 5.75 Å². The van der Waals surface area contributed by atoms with Crippen LogP contribution in [-0.2, 0) is 9.53 Å². The Balaban J connectivity index is 3.10. The molecule has 1 aromatic carbocycles. The van der Waals surface area contributed by atoms with Gasteiger partial charge >= 0.3 is 5.97 Å². The van der Waals surface area contributed by atoms with Crippen LogP contribution < -0.4 is 4.74 Å². The molecule has 0 aromatic heterocycles. The Labute approximate surface area is 104 Å². The smallest absolute Gasteiger partial charge is 0.336 e. The Hall–Kier alpha value is -1.52. The summed E-state index contributed by atoms with van der Waals surface area (Å²) in [7, 11) is 2.68. The molecule has 0 radical (unpaired) electrons. The summed E-state index contributed by atoms with van der Waals surface area (Å²) in [5, 5.41) is 10.4. The van der Waals surface area contributed by atoms with Crippen molar-refractivity contribution in [1.29, 1.82) is 0 Å². The first-order valence-electron chi connectivity index (χ1n) is 4.79. The Bertz CT molecular complexity index is 442. The Morgan fingerprint density at radius 2 is 2.12 bits per heavy atom. The molecule has 5 heteroatoms. The second-order valence-electron chi connectivity index (χ2n) is 3.31. The van der Waals surface area contributed by atoms with E-state index in [9.17, 15) is 9.90 Å². The van der Waals surface area contributed by atoms with Gasteiger partial charge < -0.3 is 14.6 Å². The fraction of sp³-hybridized carbons (Fsp3) is 0.250. The fourth-order valence-electron chi connectivity index (χ4n) is 1.35. The van der Waals surface area contributed by atoms with Gasteiger partial charge in [0, 0.05) is 10.6 Å². The van der Waals surface area contributed by atoms with Crippen LogP contribution in [-0.4, -0.2) is 25.3 Å². The summed E-state index contributed by atoms with van der Waals surface area (Å²) in [4.78, 5) is 11.3. The van der Waals surface area contributed by atoms with Gasteiger partial charge in [-0.25, -0.2) is 4.79 Å². The molecule has 1 atom stereocenters. The van der Waals surface area contributed by atoms with Gasteiger partial charge in [-0.2, -0.15) is 0 Å². The summed E-state index contributed by atoms with van der Waals surface area (Å²) >= 11 is 5.82. The molecule has 0 saturated carbocycles. The molecule has 0 saturated heterocycles. The minimum atomic E-state index is -1.21. The zero-order chi connectivity index (χ0) is 13.0. The van der Waals surface area contributed by atoms with Gasteiger partial charge in [-0.1, -0.05) is 18.2 Å². The summed E-state index contributed by atoms with van der Waals surface area (Å²) in [6.45, 7) is 3.48. The molecular weight excluding hydrogens is 244 g/mol. The maximum atomic E-state index is 11.3. The number of aliphatic hydroxyl groups is 1. The van der Waals surface area contributed by atoms with E-state index in [-0.39, 0.29) is 5.57 Å². The molecule has 1 rings (SSSR count). The van der Waals surface area contributed by atoms with E-state index in [0.29, 0.717) is 16.3 Å². The second-order valence-corrected chi connectivity index (χ2v) is 3.74. The number of rotatable bonds is 4. The zero-order valence-corrected chi connectivity index (χ0v) is 10.3. The number of halogens is 1. The van der Waals surface area contributed by atoms with Crippen molar-refractivity contribution < 1.29 is 19.4 Å². The lowest BCUT2D eigenvalue weighted by Gasteiger charge is -2.15. The van der Waals surface area contributed by atoms with E-state index < -0.39 is 12.1 Å². The molecule has 0 aliphatic rings. The van der Waals surface area contributed by atoms with Crippen molar-refractivity contribution in [3.63, 3.8) is 0 Å². The van der Waals surface area contributed by atoms with Crippen LogP contribution in [0.1, 0.15) is 11.7 Å². The van der Waals surface area contributed by atoms with Crippen molar-refractivity contribution >= 4 is 17.6 Å². The molecule has 4 nitrogen and oxygen atoms in total. The molecule has 92 valence electrons. The van der Waals surface area contributed by atoms with Crippen molar-refractivity contribution in [2.24, 2.45) is 0 Å². The van der Waals surface area contributed by atoms with Gasteiger partial charge in [0.05, 0.1) is 19.8 Å². The van der Waals surface area contributed by atoms with Crippen molar-refractivity contribution in [2.75, 3.05) is 14.2 Å². The van der Waals surface area contributed by atoms with Crippen molar-refractivity contribution in [3.05, 3.63) is 40.9 Å². The Morgan fingerprint density at radius 3 is 2.65 bits per heavy atom. The number of esters is 1. The summed E-state index contributed by atoms with van der Waals surface area (Å²) in [5.74, 6) is -0.258. The molecule has 1 aromatic rings. The largest absolute Gasteiger partial charge is 0.496 e. The van der Waals surface area contributed by atoms with E-state index >= 15 is 0 Å². The Kier molecular flexibility index (Phi) is 4.54. The molecule has 0 amide bonds. The van der Waals surface area contributed by atoms with Crippen LogP contribution >= 0.6 is 11.6 Å². The Morgan fingerprint density at radius 1 is 1.47 bits per heavy atom. The fourth-order valence-corrected chi connectivity index (χ4v) is 1.53. The van der Waals surface area contributed by atoms with E-state index in [0.717, 1.165) is 0 Å². The van der Waals surface area contributed by atoms with Crippen LogP contribution in [0, 0.1) is 0 Å². The van der Waals surface area contributed by atoms with E-state index in [1.807, 2.05) is 0 Å². The number of hydrogen-bond donors (Lipinski definition) is 1. The van der Waals surface area contributed by atoms with Gasteiger partial charge in [0.2, 0.25) is 0 Å². The highest BCUT2D eigenvalue weighted by Crippen LogP contribution is 2.31. The molecule has 0 heterocycles. The maximum absolute atomic E-state index is 11.3. The van der Waals surface area contributed by atoms with Crippen LogP contribution in [0.3, 0.4) is 0 Å². The van der Waals surface area contributed by atoms with E-state index in [1.165, 1.54) is 20.3 Å². The number of ether oxygens (including phenoxy) is 2. The molecular formula is C12H13ClO4. The third-order valence-electron chi connectivity index (χ3n) is 2.26. The molecule has 0 bridgehead atoms. The summed E-state index contributed by atoms with van der Waals surface area (Å²) in [6, 6.07) is 4.74. The molecule has 0 fully saturated rings. The molecule has 1 unspecified atom stereocenters. The SMILES string of the molecule is C=C(C(=O)OC)C(O)c1cc(Cl)ccc1OC. The first kappa shape index (κ1) is 13.5. The number of aliphatic hydroxyl groups excluding tert-OH is 1. The van der Waals surface area contributed by atoms with E-state index in [1.54, 1.807) is 12.1 Å². The first-order chi connectivity index (χ1) is 8.01. The number of carbonyl (C=O) groups is 1. The molecule has 17 heavy (non-hydrogen) atoms. The highest BCUT2D eigenvalue weighted by atomic mass is 35.5. The summed E-state index contributed by atoms with van der Waals surface area (Å²) in [6.07, 6.45) is -1.21. The van der Waals surface area contributed by atoms with E-state index in [2.05, 4.69) is 11.3 Å². The van der Waals surface area contributed by atoms with Gasteiger partial charge in [0.15, 0.2) is 0 Å². The van der Waals surface area contributed by atoms with Gasteiger partial charge in [-0.05, 0) is 18.2 Å². The van der Waals surface area contributed by atoms with Gasteiger partial charge in [0.1, 0.15) is 11.9 Å². The van der Waals surface area contributed by atoms with Crippen molar-refractivity contribution in [3.8, 4) is 5.75 Å². The van der Waals surface area contributed by atoms with Crippen molar-refractivity contribution in [1.82, 2.24) is 0 Å². The minimum Gasteiger partial charge on any atom is -0.496 e. The van der Waals surface area contributed by atoms with Crippen LogP contribution in [0.25, 0.3) is 0 Å². The third kappa shape index (κ3) is 2.99. The number of hydrogen-bond acceptors (Lipinski definition) is 4. The maximum Gasteiger partial charge on any atom is 0.336 e. The topological polar surface area (TPSA) is 55.8 Å². The highest BCUT2D eigenvalue weighted by Gasteiger charge is 2.22. The lowest BCUT2D eigenvalue weighted by molar-refractivity contribution is -0.137. The predicted molar refractivity (Wildman–Crippen MR) is 64.1 cm³/mol. The highest BCUT2D eigenvalue weighted by molar-refractivity contribution is 6.30. The van der Waals surface area contributed by atoms with Gasteiger partial charge in [-0.3, -0.25) is 0 Å². The van der Waals surface area contributed by atoms with Crippen LogP contribution in [0.15, 0.2) is 30.4 Å². The monoisotopic (exact) mass is 256 g/mol. The number of benzene rings is 1. The average molecular weight is 257 g/mol. The van der Waals surface area contributed by atoms with E-state index in [4.69, 9.17) is 16.3 Å². The summed E-state index contributed by atoms with van der Waals surface area (Å²) < 4.78 is 9.56. The van der Waals surface area contributed by atoms with Crippen molar-refractivity contribution in [2.45, 2.75) is 6.10 Å². The average Bonchev–Trinajstić information content (AvgIpc) is 2.35. The standard InChI is InChI=1S/C12H13ClO4/c1-7(12(15)17-3)11(14)9-6-8(13)4-5-10(9)16-2/h4-6,11,14H,1H2,2-3H3. The summed E-state index contributed by atoms with van der Waals surface area (Å²) in [5.41, 5.74) is 0.295. The quantitative estimate of drug-likeness (QED) is 0.662. The third-order valence-corrected chi connectivity index (χ3v) is 2.50. The van der Waals surface area contributed by atoms with Crippen LogP contribution in [0.4, 0.5) is 0 Å². The van der Waals surface area contributed by atoms with Gasteiger partial charge in [-0.15, -0.1) is 0 Å². The van der Waals surface area contributed by atoms with Gasteiger partial charge in [0.25, 0.3) is 0 Å².